The maximum Gasteiger partial charge on any atom is 0.271 e. The molecule has 1 heterocycles. The number of nitrogens with one attached hydrogen (secondary N) is 2. The van der Waals surface area contributed by atoms with E-state index in [1.165, 1.54) is 6.20 Å². The molecule has 26 heavy (non-hydrogen) atoms. The molecule has 1 amide bonds. The predicted molar refractivity (Wildman–Crippen MR) is 101 cm³/mol. The normalized spacial score (nSPS) is 10.5. The lowest BCUT2D eigenvalue weighted by Gasteiger charge is -2.09. The standard InChI is InChI=1S/C19H26N4O3/c1-14(2)8-9-21-19(24)17-12-23-18(13-22-17)20-10-11-26-16-6-4-15(25-3)5-7-16/h4-7,12-14H,8-11H2,1-3H3,(H,20,23)(H,21,24). The molecule has 1 aromatic carbocycles. The molecule has 0 bridgehead atoms. The van der Waals surface area contributed by atoms with Crippen LogP contribution < -0.4 is 20.1 Å². The molecule has 0 aliphatic heterocycles. The molecular weight excluding hydrogens is 332 g/mol. The second-order valence-electron chi connectivity index (χ2n) is 6.18. The van der Waals surface area contributed by atoms with E-state index in [1.807, 2.05) is 24.3 Å². The maximum atomic E-state index is 11.9. The van der Waals surface area contributed by atoms with Crippen molar-refractivity contribution in [3.63, 3.8) is 0 Å². The number of methoxy groups -OCH3 is 1. The van der Waals surface area contributed by atoms with Gasteiger partial charge >= 0.3 is 0 Å². The van der Waals surface area contributed by atoms with Crippen molar-refractivity contribution >= 4 is 11.7 Å². The molecule has 0 aliphatic rings. The number of hydrogen-bond acceptors (Lipinski definition) is 6. The van der Waals surface area contributed by atoms with Gasteiger partial charge in [-0.3, -0.25) is 4.79 Å². The fourth-order valence-corrected chi connectivity index (χ4v) is 2.12. The zero-order valence-electron chi connectivity index (χ0n) is 15.5. The Bertz CT molecular complexity index is 672. The van der Waals surface area contributed by atoms with Crippen molar-refractivity contribution in [2.45, 2.75) is 20.3 Å². The lowest BCUT2D eigenvalue weighted by atomic mass is 10.1. The number of rotatable bonds is 10. The first-order valence-electron chi connectivity index (χ1n) is 8.69. The molecule has 0 aliphatic carbocycles. The Morgan fingerprint density at radius 3 is 2.42 bits per heavy atom. The highest BCUT2D eigenvalue weighted by Gasteiger charge is 2.07. The Labute approximate surface area is 154 Å². The summed E-state index contributed by atoms with van der Waals surface area (Å²) in [6.45, 7) is 5.92. The molecule has 0 radical (unpaired) electrons. The van der Waals surface area contributed by atoms with Gasteiger partial charge in [-0.2, -0.15) is 0 Å². The fourth-order valence-electron chi connectivity index (χ4n) is 2.12. The molecule has 2 aromatic rings. The number of aromatic nitrogens is 2. The number of benzene rings is 1. The van der Waals surface area contributed by atoms with Gasteiger partial charge in [-0.25, -0.2) is 9.97 Å². The van der Waals surface area contributed by atoms with Crippen LogP contribution >= 0.6 is 0 Å². The summed E-state index contributed by atoms with van der Waals surface area (Å²) in [5.74, 6) is 2.51. The van der Waals surface area contributed by atoms with Crippen LogP contribution in [0.25, 0.3) is 0 Å². The molecule has 0 atom stereocenters. The van der Waals surface area contributed by atoms with Gasteiger partial charge in [0.2, 0.25) is 0 Å². The topological polar surface area (TPSA) is 85.4 Å². The third-order valence-electron chi connectivity index (χ3n) is 3.63. The van der Waals surface area contributed by atoms with E-state index in [0.29, 0.717) is 37.1 Å². The first-order valence-corrected chi connectivity index (χ1v) is 8.69. The van der Waals surface area contributed by atoms with Gasteiger partial charge in [-0.15, -0.1) is 0 Å². The van der Waals surface area contributed by atoms with E-state index in [2.05, 4.69) is 34.4 Å². The van der Waals surface area contributed by atoms with Crippen molar-refractivity contribution in [1.82, 2.24) is 15.3 Å². The smallest absolute Gasteiger partial charge is 0.271 e. The van der Waals surface area contributed by atoms with E-state index in [4.69, 9.17) is 9.47 Å². The van der Waals surface area contributed by atoms with Gasteiger partial charge in [0.05, 0.1) is 26.0 Å². The molecule has 7 heteroatoms. The zero-order valence-corrected chi connectivity index (χ0v) is 15.5. The van der Waals surface area contributed by atoms with Crippen LogP contribution in [0.5, 0.6) is 11.5 Å². The minimum Gasteiger partial charge on any atom is -0.497 e. The molecule has 0 fully saturated rings. The van der Waals surface area contributed by atoms with E-state index in [9.17, 15) is 4.79 Å². The predicted octanol–water partition coefficient (Wildman–Crippen LogP) is 2.75. The molecule has 7 nitrogen and oxygen atoms in total. The monoisotopic (exact) mass is 358 g/mol. The summed E-state index contributed by atoms with van der Waals surface area (Å²) >= 11 is 0. The van der Waals surface area contributed by atoms with Crippen molar-refractivity contribution in [3.05, 3.63) is 42.4 Å². The minimum absolute atomic E-state index is 0.201. The van der Waals surface area contributed by atoms with E-state index >= 15 is 0 Å². The van der Waals surface area contributed by atoms with Gasteiger partial charge in [-0.05, 0) is 36.6 Å². The number of carbonyl (C=O) groups excluding carboxylic acids is 1. The number of ether oxygens (including phenoxy) is 2. The van der Waals surface area contributed by atoms with Crippen LogP contribution in [0.1, 0.15) is 30.8 Å². The van der Waals surface area contributed by atoms with E-state index in [0.717, 1.165) is 17.9 Å². The largest absolute Gasteiger partial charge is 0.497 e. The summed E-state index contributed by atoms with van der Waals surface area (Å²) in [6.07, 6.45) is 3.95. The van der Waals surface area contributed by atoms with Crippen molar-refractivity contribution in [2.24, 2.45) is 5.92 Å². The number of nitrogens with zero attached hydrogens (tertiary/aromatic N) is 2. The highest BCUT2D eigenvalue weighted by Crippen LogP contribution is 2.16. The molecule has 140 valence electrons. The maximum absolute atomic E-state index is 11.9. The molecule has 2 N–H and O–H groups in total. The van der Waals surface area contributed by atoms with Crippen LogP contribution in [0.4, 0.5) is 5.82 Å². The molecule has 0 spiro atoms. The fraction of sp³-hybridized carbons (Fsp3) is 0.421. The van der Waals surface area contributed by atoms with Gasteiger partial charge in [0.1, 0.15) is 29.6 Å². The summed E-state index contributed by atoms with van der Waals surface area (Å²) in [5.41, 5.74) is 0.314. The van der Waals surface area contributed by atoms with E-state index in [-0.39, 0.29) is 5.91 Å². The van der Waals surface area contributed by atoms with Crippen molar-refractivity contribution < 1.29 is 14.3 Å². The minimum atomic E-state index is -0.201. The Morgan fingerprint density at radius 1 is 1.08 bits per heavy atom. The van der Waals surface area contributed by atoms with Gasteiger partial charge in [0.15, 0.2) is 0 Å². The zero-order chi connectivity index (χ0) is 18.8. The third-order valence-corrected chi connectivity index (χ3v) is 3.63. The summed E-state index contributed by atoms with van der Waals surface area (Å²) in [4.78, 5) is 20.3. The Balaban J connectivity index is 1.70. The average molecular weight is 358 g/mol. The highest BCUT2D eigenvalue weighted by atomic mass is 16.5. The van der Waals surface area contributed by atoms with Crippen LogP contribution in [0, 0.1) is 5.92 Å². The van der Waals surface area contributed by atoms with Gasteiger partial charge in [0.25, 0.3) is 5.91 Å². The molecule has 0 saturated carbocycles. The first-order chi connectivity index (χ1) is 12.6. The van der Waals surface area contributed by atoms with Crippen LogP contribution in [-0.2, 0) is 0 Å². The Kier molecular flexibility index (Phi) is 7.67. The van der Waals surface area contributed by atoms with Crippen molar-refractivity contribution in [2.75, 3.05) is 32.1 Å². The van der Waals surface area contributed by atoms with Crippen LogP contribution in [0.2, 0.25) is 0 Å². The number of hydrogen-bond donors (Lipinski definition) is 2. The number of carbonyl (C=O) groups is 1. The second kappa shape index (κ2) is 10.2. The average Bonchev–Trinajstić information content (AvgIpc) is 2.66. The van der Waals surface area contributed by atoms with Crippen LogP contribution in [0.15, 0.2) is 36.7 Å². The number of anilines is 1. The van der Waals surface area contributed by atoms with Gasteiger partial charge in [0, 0.05) is 6.54 Å². The van der Waals surface area contributed by atoms with Gasteiger partial charge in [-0.1, -0.05) is 13.8 Å². The third kappa shape index (κ3) is 6.58. The SMILES string of the molecule is COc1ccc(OCCNc2cnc(C(=O)NCCC(C)C)cn2)cc1. The lowest BCUT2D eigenvalue weighted by molar-refractivity contribution is 0.0946. The summed E-state index contributed by atoms with van der Waals surface area (Å²) in [6, 6.07) is 7.40. The van der Waals surface area contributed by atoms with E-state index in [1.54, 1.807) is 13.3 Å². The first kappa shape index (κ1) is 19.5. The van der Waals surface area contributed by atoms with E-state index < -0.39 is 0 Å². The molecule has 0 unspecified atom stereocenters. The molecular formula is C19H26N4O3. The molecule has 0 saturated heterocycles. The summed E-state index contributed by atoms with van der Waals surface area (Å²) < 4.78 is 10.7. The molecule has 1 aromatic heterocycles. The van der Waals surface area contributed by atoms with Gasteiger partial charge < -0.3 is 20.1 Å². The quantitative estimate of drug-likeness (QED) is 0.635. The lowest BCUT2D eigenvalue weighted by Crippen LogP contribution is -2.26. The Hall–Kier alpha value is -2.83. The molecule has 2 rings (SSSR count). The Morgan fingerprint density at radius 2 is 1.81 bits per heavy atom. The van der Waals surface area contributed by atoms with Crippen LogP contribution in [0.3, 0.4) is 0 Å². The summed E-state index contributed by atoms with van der Waals surface area (Å²) in [5, 5.41) is 5.94. The summed E-state index contributed by atoms with van der Waals surface area (Å²) in [7, 11) is 1.63. The van der Waals surface area contributed by atoms with Crippen LogP contribution in [-0.4, -0.2) is 42.7 Å². The van der Waals surface area contributed by atoms with Crippen molar-refractivity contribution in [3.8, 4) is 11.5 Å². The highest BCUT2D eigenvalue weighted by molar-refractivity contribution is 5.91. The number of amides is 1. The second-order valence-corrected chi connectivity index (χ2v) is 6.18. The van der Waals surface area contributed by atoms with Crippen molar-refractivity contribution in [1.29, 1.82) is 0 Å².